The van der Waals surface area contributed by atoms with Crippen molar-refractivity contribution in [3.63, 3.8) is 0 Å². The molecule has 1 rings (SSSR count). The van der Waals surface area contributed by atoms with Crippen molar-refractivity contribution < 1.29 is 9.90 Å². The molecule has 64 valence electrons. The highest BCUT2D eigenvalue weighted by Gasteiger charge is 2.01. The van der Waals surface area contributed by atoms with E-state index in [2.05, 4.69) is 4.98 Å². The van der Waals surface area contributed by atoms with Crippen molar-refractivity contribution in [2.45, 2.75) is 13.3 Å². The van der Waals surface area contributed by atoms with Crippen LogP contribution in [0, 0.1) is 6.92 Å². The number of carbonyl (C=O) groups is 1. The van der Waals surface area contributed by atoms with Gasteiger partial charge in [-0.15, -0.1) is 0 Å². The minimum absolute atomic E-state index is 0.106. The van der Waals surface area contributed by atoms with E-state index < -0.39 is 5.97 Å². The van der Waals surface area contributed by atoms with Crippen LogP contribution in [-0.2, 0) is 11.2 Å². The lowest BCUT2D eigenvalue weighted by Crippen LogP contribution is -2.09. The molecule has 2 N–H and O–H groups in total. The van der Waals surface area contributed by atoms with E-state index in [1.165, 1.54) is 6.07 Å². The number of aromatic amines is 1. The minimum atomic E-state index is -0.931. The molecule has 0 fully saturated rings. The first-order chi connectivity index (χ1) is 5.58. The zero-order valence-corrected chi connectivity index (χ0v) is 6.63. The molecule has 0 atom stereocenters. The molecular formula is C8H9NO3. The van der Waals surface area contributed by atoms with Gasteiger partial charge in [-0.2, -0.15) is 0 Å². The van der Waals surface area contributed by atoms with Crippen molar-refractivity contribution in [3.8, 4) is 0 Å². The predicted octanol–water partition coefficient (Wildman–Crippen LogP) is 0.310. The Morgan fingerprint density at radius 2 is 2.25 bits per heavy atom. The highest BCUT2D eigenvalue weighted by molar-refractivity contribution is 5.70. The van der Waals surface area contributed by atoms with Crippen LogP contribution < -0.4 is 5.56 Å². The zero-order valence-electron chi connectivity index (χ0n) is 6.63. The van der Waals surface area contributed by atoms with Crippen molar-refractivity contribution in [2.24, 2.45) is 0 Å². The summed E-state index contributed by atoms with van der Waals surface area (Å²) < 4.78 is 0. The second-order valence-electron chi connectivity index (χ2n) is 2.61. The number of aromatic nitrogens is 1. The first-order valence-electron chi connectivity index (χ1n) is 3.49. The molecule has 0 aromatic carbocycles. The van der Waals surface area contributed by atoms with E-state index in [4.69, 9.17) is 5.11 Å². The second kappa shape index (κ2) is 3.21. The molecule has 12 heavy (non-hydrogen) atoms. The number of hydrogen-bond acceptors (Lipinski definition) is 2. The lowest BCUT2D eigenvalue weighted by atomic mass is 10.2. The van der Waals surface area contributed by atoms with Crippen LogP contribution in [0.3, 0.4) is 0 Å². The molecule has 0 saturated carbocycles. The van der Waals surface area contributed by atoms with Crippen LogP contribution >= 0.6 is 0 Å². The number of rotatable bonds is 2. The third-order valence-corrected chi connectivity index (χ3v) is 1.39. The Bertz CT molecular complexity index is 354. The monoisotopic (exact) mass is 167 g/mol. The largest absolute Gasteiger partial charge is 0.481 e. The number of H-pyrrole nitrogens is 1. The van der Waals surface area contributed by atoms with Gasteiger partial charge in [0.15, 0.2) is 0 Å². The summed E-state index contributed by atoms with van der Waals surface area (Å²) in [5, 5.41) is 8.44. The molecule has 0 aliphatic heterocycles. The summed E-state index contributed by atoms with van der Waals surface area (Å²) in [6.07, 6.45) is -0.106. The number of nitrogens with one attached hydrogen (secondary N) is 1. The summed E-state index contributed by atoms with van der Waals surface area (Å²) in [6.45, 7) is 1.72. The fourth-order valence-corrected chi connectivity index (χ4v) is 1.03. The average Bonchev–Trinajstić information content (AvgIpc) is 1.81. The summed E-state index contributed by atoms with van der Waals surface area (Å²) in [5.41, 5.74) is 0.953. The third-order valence-electron chi connectivity index (χ3n) is 1.39. The van der Waals surface area contributed by atoms with Gasteiger partial charge in [0.2, 0.25) is 5.56 Å². The Hall–Kier alpha value is -1.58. The van der Waals surface area contributed by atoms with Crippen molar-refractivity contribution in [3.05, 3.63) is 33.7 Å². The molecule has 4 nitrogen and oxygen atoms in total. The van der Waals surface area contributed by atoms with Crippen molar-refractivity contribution in [1.29, 1.82) is 0 Å². The van der Waals surface area contributed by atoms with E-state index in [9.17, 15) is 9.59 Å². The Morgan fingerprint density at radius 1 is 1.58 bits per heavy atom. The fraction of sp³-hybridized carbons (Fsp3) is 0.250. The number of hydrogen-bond donors (Lipinski definition) is 2. The first kappa shape index (κ1) is 8.52. The SMILES string of the molecule is Cc1cc(CC(=O)O)cc(=O)[nH]1. The van der Waals surface area contributed by atoms with Crippen molar-refractivity contribution in [2.75, 3.05) is 0 Å². The summed E-state index contributed by atoms with van der Waals surface area (Å²) in [6, 6.07) is 2.94. The Morgan fingerprint density at radius 3 is 2.75 bits per heavy atom. The predicted molar refractivity (Wildman–Crippen MR) is 43.1 cm³/mol. The number of carboxylic acids is 1. The maximum Gasteiger partial charge on any atom is 0.307 e. The van der Waals surface area contributed by atoms with Gasteiger partial charge in [-0.1, -0.05) is 0 Å². The standard InChI is InChI=1S/C8H9NO3/c1-5-2-6(4-8(11)12)3-7(10)9-5/h2-3H,4H2,1H3,(H,9,10)(H,11,12). The third kappa shape index (κ3) is 2.23. The summed E-state index contributed by atoms with van der Waals surface area (Å²) >= 11 is 0. The van der Waals surface area contributed by atoms with Crippen LogP contribution in [0.1, 0.15) is 11.3 Å². The molecule has 0 aliphatic carbocycles. The molecule has 0 radical (unpaired) electrons. The first-order valence-corrected chi connectivity index (χ1v) is 3.49. The zero-order chi connectivity index (χ0) is 9.14. The van der Waals surface area contributed by atoms with Crippen LogP contribution in [0.5, 0.6) is 0 Å². The highest BCUT2D eigenvalue weighted by atomic mass is 16.4. The van der Waals surface area contributed by atoms with Gasteiger partial charge in [0.1, 0.15) is 0 Å². The molecule has 0 unspecified atom stereocenters. The lowest BCUT2D eigenvalue weighted by molar-refractivity contribution is -0.136. The fourth-order valence-electron chi connectivity index (χ4n) is 1.03. The molecule has 0 saturated heterocycles. The van der Waals surface area contributed by atoms with Gasteiger partial charge in [0.25, 0.3) is 0 Å². The molecule has 1 aromatic rings. The van der Waals surface area contributed by atoms with E-state index in [1.54, 1.807) is 13.0 Å². The van der Waals surface area contributed by atoms with Crippen LogP contribution in [0.15, 0.2) is 16.9 Å². The average molecular weight is 167 g/mol. The maximum atomic E-state index is 10.8. The summed E-state index contributed by atoms with van der Waals surface area (Å²) in [5.74, 6) is -0.931. The Kier molecular flexibility index (Phi) is 2.28. The number of carboxylic acid groups (broad SMARTS) is 1. The van der Waals surface area contributed by atoms with E-state index in [-0.39, 0.29) is 12.0 Å². The number of pyridine rings is 1. The second-order valence-corrected chi connectivity index (χ2v) is 2.61. The normalized spacial score (nSPS) is 9.75. The van der Waals surface area contributed by atoms with Crippen LogP contribution in [0.2, 0.25) is 0 Å². The van der Waals surface area contributed by atoms with E-state index in [1.807, 2.05) is 0 Å². The van der Waals surface area contributed by atoms with Gasteiger partial charge in [0, 0.05) is 11.8 Å². The quantitative estimate of drug-likeness (QED) is 0.666. The number of aryl methyl sites for hydroxylation is 1. The molecule has 0 spiro atoms. The van der Waals surface area contributed by atoms with E-state index in [0.29, 0.717) is 11.3 Å². The summed E-state index contributed by atoms with van der Waals surface area (Å²) in [4.78, 5) is 23.7. The van der Waals surface area contributed by atoms with Crippen molar-refractivity contribution >= 4 is 5.97 Å². The van der Waals surface area contributed by atoms with Crippen LogP contribution in [0.25, 0.3) is 0 Å². The van der Waals surface area contributed by atoms with E-state index >= 15 is 0 Å². The maximum absolute atomic E-state index is 10.8. The molecule has 0 bridgehead atoms. The summed E-state index contributed by atoms with van der Waals surface area (Å²) in [7, 11) is 0. The van der Waals surface area contributed by atoms with Crippen LogP contribution in [0.4, 0.5) is 0 Å². The van der Waals surface area contributed by atoms with Crippen LogP contribution in [-0.4, -0.2) is 16.1 Å². The van der Waals surface area contributed by atoms with Crippen molar-refractivity contribution in [1.82, 2.24) is 4.98 Å². The topological polar surface area (TPSA) is 70.2 Å². The molecule has 4 heteroatoms. The van der Waals surface area contributed by atoms with Gasteiger partial charge in [0.05, 0.1) is 6.42 Å². The van der Waals surface area contributed by atoms with Gasteiger partial charge >= 0.3 is 5.97 Å². The number of aliphatic carboxylic acids is 1. The Balaban J connectivity index is 3.01. The molecule has 1 aromatic heterocycles. The molecule has 0 aliphatic rings. The van der Waals surface area contributed by atoms with Gasteiger partial charge in [-0.3, -0.25) is 9.59 Å². The van der Waals surface area contributed by atoms with Gasteiger partial charge in [-0.05, 0) is 18.6 Å². The molecular weight excluding hydrogens is 158 g/mol. The highest BCUT2D eigenvalue weighted by Crippen LogP contribution is 1.98. The molecule has 0 amide bonds. The Labute approximate surface area is 68.9 Å². The van der Waals surface area contributed by atoms with E-state index in [0.717, 1.165) is 0 Å². The minimum Gasteiger partial charge on any atom is -0.481 e. The van der Waals surface area contributed by atoms with Gasteiger partial charge < -0.3 is 10.1 Å². The lowest BCUT2D eigenvalue weighted by Gasteiger charge is -1.97. The smallest absolute Gasteiger partial charge is 0.307 e. The van der Waals surface area contributed by atoms with Gasteiger partial charge in [-0.25, -0.2) is 0 Å². The molecule has 1 heterocycles.